The van der Waals surface area contributed by atoms with Crippen molar-refractivity contribution in [2.24, 2.45) is 0 Å². The summed E-state index contributed by atoms with van der Waals surface area (Å²) in [5.74, 6) is 1.93. The van der Waals surface area contributed by atoms with Crippen LogP contribution in [0, 0.1) is 0 Å². The Kier molecular flexibility index (Phi) is 6.52. The van der Waals surface area contributed by atoms with E-state index in [4.69, 9.17) is 9.47 Å². The van der Waals surface area contributed by atoms with E-state index in [-0.39, 0.29) is 0 Å². The van der Waals surface area contributed by atoms with E-state index in [0.29, 0.717) is 13.2 Å². The predicted molar refractivity (Wildman–Crippen MR) is 132 cm³/mol. The summed E-state index contributed by atoms with van der Waals surface area (Å²) in [7, 11) is 0. The molecule has 0 aromatic heterocycles. The van der Waals surface area contributed by atoms with Gasteiger partial charge < -0.3 is 20.1 Å². The minimum Gasteiger partial charge on any atom is -0.493 e. The number of benzene rings is 4. The van der Waals surface area contributed by atoms with E-state index in [0.717, 1.165) is 50.5 Å². The summed E-state index contributed by atoms with van der Waals surface area (Å²) in [6.45, 7) is 4.78. The van der Waals surface area contributed by atoms with Gasteiger partial charge in [0, 0.05) is 30.6 Å². The number of hydrogen-bond donors (Lipinski definition) is 2. The molecule has 0 bridgehead atoms. The lowest BCUT2D eigenvalue weighted by Gasteiger charge is -2.18. The van der Waals surface area contributed by atoms with Crippen molar-refractivity contribution in [2.45, 2.75) is 25.9 Å². The molecule has 0 fully saturated rings. The van der Waals surface area contributed by atoms with Gasteiger partial charge in [0.2, 0.25) is 0 Å². The summed E-state index contributed by atoms with van der Waals surface area (Å²) in [6, 6.07) is 25.6. The third-order valence-electron chi connectivity index (χ3n) is 6.11. The van der Waals surface area contributed by atoms with Crippen LogP contribution < -0.4 is 20.1 Å². The minimum absolute atomic E-state index is 0.631. The molecule has 0 unspecified atom stereocenters. The molecule has 0 spiro atoms. The fourth-order valence-electron chi connectivity index (χ4n) is 4.46. The number of hydrogen-bond acceptors (Lipinski definition) is 4. The third-order valence-corrected chi connectivity index (χ3v) is 6.11. The zero-order valence-corrected chi connectivity index (χ0v) is 18.4. The van der Waals surface area contributed by atoms with Gasteiger partial charge in [-0.3, -0.25) is 0 Å². The van der Waals surface area contributed by atoms with Crippen LogP contribution in [0.25, 0.3) is 21.5 Å². The first-order valence-electron chi connectivity index (χ1n) is 11.6. The van der Waals surface area contributed by atoms with Crippen LogP contribution in [0.2, 0.25) is 0 Å². The van der Waals surface area contributed by atoms with Crippen molar-refractivity contribution >= 4 is 21.5 Å². The lowest BCUT2D eigenvalue weighted by Crippen LogP contribution is -2.22. The SMILES string of the molecule is c1ccc2c3c(ccc2c1)OCCCOc1ccc2ccccc2c1CNCCCNC3. The van der Waals surface area contributed by atoms with E-state index in [1.165, 1.54) is 32.7 Å². The summed E-state index contributed by atoms with van der Waals surface area (Å²) >= 11 is 0. The van der Waals surface area contributed by atoms with Crippen LogP contribution in [0.4, 0.5) is 0 Å². The van der Waals surface area contributed by atoms with Gasteiger partial charge in [-0.15, -0.1) is 0 Å². The maximum absolute atomic E-state index is 6.22. The molecule has 1 aliphatic heterocycles. The van der Waals surface area contributed by atoms with E-state index in [9.17, 15) is 0 Å². The Balaban J connectivity index is 1.37. The monoisotopic (exact) mass is 426 g/mol. The number of nitrogens with one attached hydrogen (secondary N) is 2. The Labute approximate surface area is 189 Å². The second-order valence-electron chi connectivity index (χ2n) is 8.28. The fraction of sp³-hybridized carbons (Fsp3) is 0.286. The van der Waals surface area contributed by atoms with Crippen LogP contribution in [-0.4, -0.2) is 26.3 Å². The van der Waals surface area contributed by atoms with Crippen LogP contribution >= 0.6 is 0 Å². The molecule has 4 aromatic rings. The van der Waals surface area contributed by atoms with Crippen LogP contribution in [-0.2, 0) is 13.1 Å². The lowest BCUT2D eigenvalue weighted by atomic mass is 10.0. The lowest BCUT2D eigenvalue weighted by molar-refractivity contribution is 0.245. The van der Waals surface area contributed by atoms with Gasteiger partial charge in [-0.05, 0) is 53.2 Å². The van der Waals surface area contributed by atoms with Crippen molar-refractivity contribution in [2.75, 3.05) is 26.3 Å². The Morgan fingerprint density at radius 1 is 0.531 bits per heavy atom. The summed E-state index contributed by atoms with van der Waals surface area (Å²) in [5, 5.41) is 12.3. The fourth-order valence-corrected chi connectivity index (χ4v) is 4.46. The molecule has 0 aliphatic carbocycles. The Morgan fingerprint density at radius 2 is 1.03 bits per heavy atom. The Bertz CT molecular complexity index is 1110. The Hall–Kier alpha value is -3.08. The van der Waals surface area contributed by atoms with Crippen molar-refractivity contribution < 1.29 is 9.47 Å². The van der Waals surface area contributed by atoms with Gasteiger partial charge in [0.1, 0.15) is 11.5 Å². The number of fused-ring (bicyclic) bond motifs is 6. The van der Waals surface area contributed by atoms with Crippen molar-refractivity contribution in [1.82, 2.24) is 10.6 Å². The summed E-state index contributed by atoms with van der Waals surface area (Å²) in [5.41, 5.74) is 2.47. The molecule has 2 N–H and O–H groups in total. The van der Waals surface area contributed by atoms with E-state index >= 15 is 0 Å². The van der Waals surface area contributed by atoms with Gasteiger partial charge in [0.05, 0.1) is 13.2 Å². The van der Waals surface area contributed by atoms with E-state index in [2.05, 4.69) is 83.4 Å². The molecule has 4 nitrogen and oxygen atoms in total. The molecule has 1 heterocycles. The summed E-state index contributed by atoms with van der Waals surface area (Å²) in [6.07, 6.45) is 1.89. The second-order valence-corrected chi connectivity index (χ2v) is 8.28. The molecule has 0 atom stereocenters. The summed E-state index contributed by atoms with van der Waals surface area (Å²) in [4.78, 5) is 0. The molecule has 4 aromatic carbocycles. The van der Waals surface area contributed by atoms with E-state index in [1.54, 1.807) is 0 Å². The highest BCUT2D eigenvalue weighted by molar-refractivity contribution is 5.88. The minimum atomic E-state index is 0.631. The maximum atomic E-state index is 6.22. The first-order valence-corrected chi connectivity index (χ1v) is 11.6. The number of rotatable bonds is 0. The molecule has 4 heteroatoms. The van der Waals surface area contributed by atoms with Crippen LogP contribution in [0.3, 0.4) is 0 Å². The second kappa shape index (κ2) is 10.0. The molecule has 32 heavy (non-hydrogen) atoms. The molecular weight excluding hydrogens is 396 g/mol. The molecule has 164 valence electrons. The predicted octanol–water partition coefficient (Wildman–Crippen LogP) is 5.42. The quantitative estimate of drug-likeness (QED) is 0.394. The van der Waals surface area contributed by atoms with Gasteiger partial charge in [-0.25, -0.2) is 0 Å². The van der Waals surface area contributed by atoms with Gasteiger partial charge >= 0.3 is 0 Å². The highest BCUT2D eigenvalue weighted by Crippen LogP contribution is 2.30. The Morgan fingerprint density at radius 3 is 1.56 bits per heavy atom. The highest BCUT2D eigenvalue weighted by Gasteiger charge is 2.11. The molecule has 0 saturated heterocycles. The zero-order chi connectivity index (χ0) is 21.6. The molecule has 5 rings (SSSR count). The van der Waals surface area contributed by atoms with Gasteiger partial charge in [-0.1, -0.05) is 60.7 Å². The first kappa shape index (κ1) is 20.8. The topological polar surface area (TPSA) is 42.5 Å². The zero-order valence-electron chi connectivity index (χ0n) is 18.4. The average Bonchev–Trinajstić information content (AvgIpc) is 2.83. The van der Waals surface area contributed by atoms with Gasteiger partial charge in [0.25, 0.3) is 0 Å². The van der Waals surface area contributed by atoms with Crippen LogP contribution in [0.5, 0.6) is 11.5 Å². The van der Waals surface area contributed by atoms with E-state index < -0.39 is 0 Å². The maximum Gasteiger partial charge on any atom is 0.124 e. The molecule has 0 radical (unpaired) electrons. The van der Waals surface area contributed by atoms with Gasteiger partial charge in [0.15, 0.2) is 0 Å². The van der Waals surface area contributed by atoms with Crippen molar-refractivity contribution in [3.8, 4) is 11.5 Å². The molecular formula is C28H30N2O2. The average molecular weight is 427 g/mol. The largest absolute Gasteiger partial charge is 0.493 e. The molecule has 1 aliphatic rings. The van der Waals surface area contributed by atoms with Crippen LogP contribution in [0.1, 0.15) is 24.0 Å². The van der Waals surface area contributed by atoms with Crippen molar-refractivity contribution in [3.63, 3.8) is 0 Å². The molecule has 0 saturated carbocycles. The normalized spacial score (nSPS) is 16.0. The van der Waals surface area contributed by atoms with Crippen molar-refractivity contribution in [3.05, 3.63) is 83.9 Å². The van der Waals surface area contributed by atoms with Gasteiger partial charge in [-0.2, -0.15) is 0 Å². The highest BCUT2D eigenvalue weighted by atomic mass is 16.5. The third kappa shape index (κ3) is 4.57. The van der Waals surface area contributed by atoms with Crippen LogP contribution in [0.15, 0.2) is 72.8 Å². The van der Waals surface area contributed by atoms with E-state index in [1.807, 2.05) is 0 Å². The molecule has 0 amide bonds. The first-order chi connectivity index (χ1) is 15.9. The van der Waals surface area contributed by atoms with Crippen molar-refractivity contribution in [1.29, 1.82) is 0 Å². The smallest absolute Gasteiger partial charge is 0.124 e. The standard InChI is InChI=1S/C28H30N2O2/c1-3-9-23-21(7-1)11-13-27-25(23)19-29-15-5-16-30-20-26-24-10-4-2-8-22(24)12-14-28(26)32-18-6-17-31-27/h1-4,7-14,29-30H,5-6,15-20H2. The number of ether oxygens (including phenoxy) is 2. The summed E-state index contributed by atoms with van der Waals surface area (Å²) < 4.78 is 12.4.